The summed E-state index contributed by atoms with van der Waals surface area (Å²) in [4.78, 5) is 38.7. The number of ether oxygens (including phenoxy) is 4. The van der Waals surface area contributed by atoms with Gasteiger partial charge in [0.25, 0.3) is 0 Å². The lowest BCUT2D eigenvalue weighted by molar-refractivity contribution is 0.0272. The zero-order valence-electron chi connectivity index (χ0n) is 22.7. The molecule has 10 nitrogen and oxygen atoms in total. The number of nitrogens with one attached hydrogen (secondary N) is 2. The zero-order valence-corrected chi connectivity index (χ0v) is 22.7. The van der Waals surface area contributed by atoms with Crippen LogP contribution in [0.4, 0.5) is 14.4 Å². The average molecular weight is 542 g/mol. The molecule has 10 heteroatoms. The number of carbonyl (C=O) groups is 3. The number of benzene rings is 2. The smallest absolute Gasteiger partial charge is 0.415 e. The van der Waals surface area contributed by atoms with Gasteiger partial charge >= 0.3 is 18.3 Å². The molecule has 0 saturated carbocycles. The van der Waals surface area contributed by atoms with E-state index in [9.17, 15) is 14.4 Å². The van der Waals surface area contributed by atoms with Crippen LogP contribution in [0.1, 0.15) is 58.8 Å². The van der Waals surface area contributed by atoms with Crippen LogP contribution in [0.2, 0.25) is 0 Å². The highest BCUT2D eigenvalue weighted by Crippen LogP contribution is 2.24. The van der Waals surface area contributed by atoms with E-state index in [2.05, 4.69) is 17.6 Å². The van der Waals surface area contributed by atoms with Crippen molar-refractivity contribution in [1.82, 2.24) is 15.5 Å². The number of rotatable bonds is 12. The van der Waals surface area contributed by atoms with Crippen molar-refractivity contribution < 1.29 is 33.3 Å². The molecule has 1 aliphatic heterocycles. The Morgan fingerprint density at radius 1 is 0.923 bits per heavy atom. The minimum Gasteiger partial charge on any atom is -0.457 e. The number of nitrogens with zero attached hydrogens (tertiary/aromatic N) is 1. The fourth-order valence-corrected chi connectivity index (χ4v) is 4.01. The first-order chi connectivity index (χ1) is 19.0. The van der Waals surface area contributed by atoms with Crippen LogP contribution >= 0.6 is 0 Å². The number of hydrogen-bond donors (Lipinski definition) is 2. The van der Waals surface area contributed by atoms with Gasteiger partial charge in [-0.3, -0.25) is 5.32 Å². The average Bonchev–Trinajstić information content (AvgIpc) is 2.94. The van der Waals surface area contributed by atoms with Gasteiger partial charge in [-0.1, -0.05) is 51.3 Å². The summed E-state index contributed by atoms with van der Waals surface area (Å²) in [5.41, 5.74) is 0. The van der Waals surface area contributed by atoms with Crippen molar-refractivity contribution in [3.8, 4) is 17.2 Å². The second-order valence-corrected chi connectivity index (χ2v) is 9.30. The first-order valence-electron chi connectivity index (χ1n) is 13.7. The van der Waals surface area contributed by atoms with Gasteiger partial charge in [-0.15, -0.1) is 0 Å². The van der Waals surface area contributed by atoms with Gasteiger partial charge in [-0.25, -0.2) is 14.4 Å². The van der Waals surface area contributed by atoms with Crippen LogP contribution in [-0.4, -0.2) is 55.1 Å². The number of unbranched alkanes of at least 4 members (excludes halogenated alkanes) is 3. The highest BCUT2D eigenvalue weighted by molar-refractivity contribution is 5.72. The van der Waals surface area contributed by atoms with Gasteiger partial charge in [0.15, 0.2) is 6.23 Å². The van der Waals surface area contributed by atoms with Crippen molar-refractivity contribution in [2.24, 2.45) is 0 Å². The summed E-state index contributed by atoms with van der Waals surface area (Å²) >= 11 is 0. The van der Waals surface area contributed by atoms with E-state index < -0.39 is 30.6 Å². The maximum atomic E-state index is 12.7. The molecule has 1 saturated heterocycles. The fraction of sp³-hybridized carbons (Fsp3) is 0.483. The van der Waals surface area contributed by atoms with Gasteiger partial charge in [-0.05, 0) is 55.7 Å². The Kier molecular flexibility index (Phi) is 12.2. The lowest BCUT2D eigenvalue weighted by Gasteiger charge is -2.31. The normalized spacial score (nSPS) is 15.5. The van der Waals surface area contributed by atoms with Gasteiger partial charge in [-0.2, -0.15) is 0 Å². The van der Waals surface area contributed by atoms with Crippen molar-refractivity contribution in [3.63, 3.8) is 0 Å². The first kappa shape index (κ1) is 29.6. The van der Waals surface area contributed by atoms with Crippen molar-refractivity contribution in [3.05, 3.63) is 54.6 Å². The van der Waals surface area contributed by atoms with E-state index in [0.29, 0.717) is 49.6 Å². The van der Waals surface area contributed by atoms with Gasteiger partial charge in [0.2, 0.25) is 0 Å². The number of para-hydroxylation sites is 1. The Balaban J connectivity index is 1.40. The zero-order chi connectivity index (χ0) is 27.9. The number of piperidine rings is 1. The number of alkyl carbamates (subject to hydrolysis) is 2. The summed E-state index contributed by atoms with van der Waals surface area (Å²) in [7, 11) is 0. The molecule has 1 fully saturated rings. The minimum atomic E-state index is -0.813. The van der Waals surface area contributed by atoms with E-state index >= 15 is 0 Å². The summed E-state index contributed by atoms with van der Waals surface area (Å²) in [6.45, 7) is 5.14. The lowest BCUT2D eigenvalue weighted by atomic mass is 10.1. The molecule has 39 heavy (non-hydrogen) atoms. The van der Waals surface area contributed by atoms with Gasteiger partial charge in [0, 0.05) is 19.5 Å². The van der Waals surface area contributed by atoms with Crippen LogP contribution in [0, 0.1) is 0 Å². The van der Waals surface area contributed by atoms with Crippen LogP contribution < -0.4 is 20.1 Å². The van der Waals surface area contributed by atoms with Crippen LogP contribution in [0.5, 0.6) is 17.2 Å². The third-order valence-corrected chi connectivity index (χ3v) is 6.12. The van der Waals surface area contributed by atoms with Gasteiger partial charge in [0.1, 0.15) is 23.4 Å². The summed E-state index contributed by atoms with van der Waals surface area (Å²) in [6.07, 6.45) is 2.69. The van der Waals surface area contributed by atoms with Crippen LogP contribution in [-0.2, 0) is 9.47 Å². The van der Waals surface area contributed by atoms with Crippen molar-refractivity contribution >= 4 is 18.3 Å². The Bertz CT molecular complexity index is 1030. The van der Waals surface area contributed by atoms with Crippen molar-refractivity contribution in [2.75, 3.05) is 19.6 Å². The highest BCUT2D eigenvalue weighted by atomic mass is 16.6. The van der Waals surface area contributed by atoms with E-state index in [4.69, 9.17) is 18.9 Å². The molecule has 0 aliphatic carbocycles. The third kappa shape index (κ3) is 10.7. The number of likely N-dealkylation sites (tertiary alicyclic amines) is 1. The maximum absolute atomic E-state index is 12.7. The SMILES string of the molecule is CCCCCCNC(=O)OC(CC)NC(=O)OC1CCCN(C(=O)Oc2ccc(Oc3ccccc3)cc2)C1. The summed E-state index contributed by atoms with van der Waals surface area (Å²) in [5, 5.41) is 5.27. The largest absolute Gasteiger partial charge is 0.457 e. The molecule has 0 spiro atoms. The molecule has 2 aromatic rings. The molecular weight excluding hydrogens is 502 g/mol. The van der Waals surface area contributed by atoms with E-state index in [1.165, 1.54) is 4.90 Å². The fourth-order valence-electron chi connectivity index (χ4n) is 4.01. The molecule has 2 N–H and O–H groups in total. The molecule has 212 valence electrons. The Morgan fingerprint density at radius 2 is 1.64 bits per heavy atom. The summed E-state index contributed by atoms with van der Waals surface area (Å²) in [5.74, 6) is 1.72. The topological polar surface area (TPSA) is 115 Å². The summed E-state index contributed by atoms with van der Waals surface area (Å²) < 4.78 is 22.0. The van der Waals surface area contributed by atoms with Crippen LogP contribution in [0.25, 0.3) is 0 Å². The van der Waals surface area contributed by atoms with Crippen molar-refractivity contribution in [1.29, 1.82) is 0 Å². The van der Waals surface area contributed by atoms with Crippen molar-refractivity contribution in [2.45, 2.75) is 71.1 Å². The lowest BCUT2D eigenvalue weighted by Crippen LogP contribution is -2.47. The number of amides is 3. The molecule has 3 amide bonds. The highest BCUT2D eigenvalue weighted by Gasteiger charge is 2.28. The Labute approximate surface area is 229 Å². The predicted octanol–water partition coefficient (Wildman–Crippen LogP) is 6.21. The number of carbonyl (C=O) groups excluding carboxylic acids is 3. The van der Waals surface area contributed by atoms with E-state index in [0.717, 1.165) is 25.7 Å². The van der Waals surface area contributed by atoms with Crippen LogP contribution in [0.3, 0.4) is 0 Å². The molecule has 0 radical (unpaired) electrons. The van der Waals surface area contributed by atoms with Gasteiger partial charge in [0.05, 0.1) is 6.54 Å². The molecule has 3 rings (SSSR count). The molecule has 1 aliphatic rings. The standard InChI is InChI=1S/C29H39N3O7/c1-3-5-6-10-19-30-27(33)39-26(4-2)31-28(34)37-25-14-11-20-32(21-25)29(35)38-24-17-15-23(16-18-24)36-22-12-8-7-9-13-22/h7-9,12-13,15-18,25-26H,3-6,10-11,14,19-21H2,1-2H3,(H,30,33)(H,31,34). The maximum Gasteiger partial charge on any atom is 0.415 e. The van der Waals surface area contributed by atoms with E-state index in [-0.39, 0.29) is 6.54 Å². The molecule has 2 aromatic carbocycles. The first-order valence-corrected chi connectivity index (χ1v) is 13.7. The molecule has 0 aromatic heterocycles. The Hall–Kier alpha value is -3.95. The van der Waals surface area contributed by atoms with E-state index in [1.54, 1.807) is 31.2 Å². The summed E-state index contributed by atoms with van der Waals surface area (Å²) in [6, 6.07) is 16.2. The Morgan fingerprint density at radius 3 is 2.36 bits per heavy atom. The minimum absolute atomic E-state index is 0.206. The van der Waals surface area contributed by atoms with Gasteiger partial charge < -0.3 is 29.2 Å². The molecule has 2 atom stereocenters. The van der Waals surface area contributed by atoms with E-state index in [1.807, 2.05) is 30.3 Å². The van der Waals surface area contributed by atoms with Crippen LogP contribution in [0.15, 0.2) is 54.6 Å². The monoisotopic (exact) mass is 541 g/mol. The predicted molar refractivity (Wildman–Crippen MR) is 146 cm³/mol. The third-order valence-electron chi connectivity index (χ3n) is 6.12. The molecule has 1 heterocycles. The quantitative estimate of drug-likeness (QED) is 0.242. The molecule has 0 bridgehead atoms. The molecule has 2 unspecified atom stereocenters. The number of hydrogen-bond acceptors (Lipinski definition) is 7. The second kappa shape index (κ2) is 16.1. The molecular formula is C29H39N3O7. The second-order valence-electron chi connectivity index (χ2n) is 9.30.